The Kier molecular flexibility index (Phi) is 5.62. The minimum absolute atomic E-state index is 0.677. The standard InChI is InChI=1S/C17H21BrN2/c1-20(12-10-14-5-3-2-4-6-14)17-8-7-16(18)13-15(17)9-11-19/h2-8,13H,9-12,19H2,1H3. The zero-order valence-electron chi connectivity index (χ0n) is 11.8. The second-order valence-corrected chi connectivity index (χ2v) is 5.88. The molecule has 0 aliphatic heterocycles. The lowest BCUT2D eigenvalue weighted by Crippen LogP contribution is -2.22. The number of likely N-dealkylation sites (N-methyl/N-ethyl adjacent to an activating group) is 1. The molecular weight excluding hydrogens is 312 g/mol. The van der Waals surface area contributed by atoms with E-state index in [4.69, 9.17) is 5.73 Å². The fourth-order valence-electron chi connectivity index (χ4n) is 2.34. The van der Waals surface area contributed by atoms with Crippen molar-refractivity contribution in [1.82, 2.24) is 0 Å². The van der Waals surface area contributed by atoms with Crippen LogP contribution in [0.3, 0.4) is 0 Å². The van der Waals surface area contributed by atoms with Crippen molar-refractivity contribution in [2.75, 3.05) is 25.0 Å². The summed E-state index contributed by atoms with van der Waals surface area (Å²) in [6.07, 6.45) is 1.96. The molecule has 2 aromatic carbocycles. The summed E-state index contributed by atoms with van der Waals surface area (Å²) < 4.78 is 1.11. The Balaban J connectivity index is 2.06. The first-order valence-electron chi connectivity index (χ1n) is 6.94. The maximum atomic E-state index is 5.71. The second kappa shape index (κ2) is 7.46. The van der Waals surface area contributed by atoms with E-state index < -0.39 is 0 Å². The van der Waals surface area contributed by atoms with E-state index in [-0.39, 0.29) is 0 Å². The van der Waals surface area contributed by atoms with Gasteiger partial charge in [0.05, 0.1) is 0 Å². The number of rotatable bonds is 6. The Bertz CT molecular complexity index is 540. The predicted octanol–water partition coefficient (Wildman–Crippen LogP) is 3.63. The van der Waals surface area contributed by atoms with Gasteiger partial charge in [0.25, 0.3) is 0 Å². The van der Waals surface area contributed by atoms with Crippen molar-refractivity contribution in [2.24, 2.45) is 5.73 Å². The van der Waals surface area contributed by atoms with E-state index >= 15 is 0 Å². The molecule has 2 rings (SSSR count). The van der Waals surface area contributed by atoms with E-state index in [1.807, 2.05) is 0 Å². The number of nitrogens with zero attached hydrogens (tertiary/aromatic N) is 1. The van der Waals surface area contributed by atoms with Gasteiger partial charge in [-0.3, -0.25) is 0 Å². The molecule has 0 spiro atoms. The molecule has 3 heteroatoms. The minimum Gasteiger partial charge on any atom is -0.374 e. The normalized spacial score (nSPS) is 10.6. The Morgan fingerprint density at radius 2 is 1.80 bits per heavy atom. The van der Waals surface area contributed by atoms with Crippen LogP contribution in [0.1, 0.15) is 11.1 Å². The van der Waals surface area contributed by atoms with Gasteiger partial charge in [-0.05, 0) is 48.7 Å². The predicted molar refractivity (Wildman–Crippen MR) is 90.3 cm³/mol. The Hall–Kier alpha value is -1.32. The van der Waals surface area contributed by atoms with E-state index in [0.29, 0.717) is 6.54 Å². The lowest BCUT2D eigenvalue weighted by Gasteiger charge is -2.23. The third-order valence-electron chi connectivity index (χ3n) is 3.45. The van der Waals surface area contributed by atoms with Gasteiger partial charge in [-0.25, -0.2) is 0 Å². The van der Waals surface area contributed by atoms with Crippen molar-refractivity contribution in [2.45, 2.75) is 12.8 Å². The quantitative estimate of drug-likeness (QED) is 0.875. The Morgan fingerprint density at radius 3 is 2.50 bits per heavy atom. The van der Waals surface area contributed by atoms with Crippen molar-refractivity contribution < 1.29 is 0 Å². The molecule has 0 unspecified atom stereocenters. The molecule has 0 aliphatic rings. The SMILES string of the molecule is CN(CCc1ccccc1)c1ccc(Br)cc1CCN. The van der Waals surface area contributed by atoms with Gasteiger partial charge in [-0.15, -0.1) is 0 Å². The molecule has 0 saturated heterocycles. The number of anilines is 1. The Labute approximate surface area is 129 Å². The van der Waals surface area contributed by atoms with Crippen LogP contribution < -0.4 is 10.6 Å². The summed E-state index contributed by atoms with van der Waals surface area (Å²) in [6.45, 7) is 1.68. The molecular formula is C17H21BrN2. The largest absolute Gasteiger partial charge is 0.374 e. The number of hydrogen-bond acceptors (Lipinski definition) is 2. The maximum absolute atomic E-state index is 5.71. The molecule has 0 atom stereocenters. The summed E-state index contributed by atoms with van der Waals surface area (Å²) in [4.78, 5) is 2.31. The molecule has 106 valence electrons. The molecule has 2 N–H and O–H groups in total. The minimum atomic E-state index is 0.677. The molecule has 0 saturated carbocycles. The van der Waals surface area contributed by atoms with Crippen LogP contribution in [-0.2, 0) is 12.8 Å². The van der Waals surface area contributed by atoms with Gasteiger partial charge in [0.1, 0.15) is 0 Å². The molecule has 0 bridgehead atoms. The molecule has 0 radical (unpaired) electrons. The molecule has 0 heterocycles. The zero-order chi connectivity index (χ0) is 14.4. The third kappa shape index (κ3) is 4.09. The highest BCUT2D eigenvalue weighted by Crippen LogP contribution is 2.24. The van der Waals surface area contributed by atoms with Crippen LogP contribution in [0.4, 0.5) is 5.69 Å². The van der Waals surface area contributed by atoms with Crippen molar-refractivity contribution in [3.63, 3.8) is 0 Å². The lowest BCUT2D eigenvalue weighted by molar-refractivity contribution is 0.860. The molecule has 2 nitrogen and oxygen atoms in total. The molecule has 20 heavy (non-hydrogen) atoms. The average molecular weight is 333 g/mol. The van der Waals surface area contributed by atoms with Crippen LogP contribution in [0.2, 0.25) is 0 Å². The van der Waals surface area contributed by atoms with E-state index in [1.54, 1.807) is 0 Å². The summed E-state index contributed by atoms with van der Waals surface area (Å²) >= 11 is 3.53. The van der Waals surface area contributed by atoms with Crippen molar-refractivity contribution >= 4 is 21.6 Å². The van der Waals surface area contributed by atoms with Crippen LogP contribution in [0, 0.1) is 0 Å². The van der Waals surface area contributed by atoms with Crippen LogP contribution >= 0.6 is 15.9 Å². The van der Waals surface area contributed by atoms with Gasteiger partial charge in [0, 0.05) is 23.8 Å². The van der Waals surface area contributed by atoms with Crippen molar-refractivity contribution in [1.29, 1.82) is 0 Å². The van der Waals surface area contributed by atoms with Crippen LogP contribution in [0.25, 0.3) is 0 Å². The van der Waals surface area contributed by atoms with Crippen LogP contribution in [-0.4, -0.2) is 20.1 Å². The molecule has 0 fully saturated rings. The van der Waals surface area contributed by atoms with Crippen LogP contribution in [0.15, 0.2) is 53.0 Å². The fraction of sp³-hybridized carbons (Fsp3) is 0.294. The van der Waals surface area contributed by atoms with Gasteiger partial charge >= 0.3 is 0 Å². The fourth-order valence-corrected chi connectivity index (χ4v) is 2.75. The lowest BCUT2D eigenvalue weighted by atomic mass is 10.1. The number of nitrogens with two attached hydrogens (primary N) is 1. The molecule has 0 aromatic heterocycles. The van der Waals surface area contributed by atoms with E-state index in [0.717, 1.165) is 23.9 Å². The van der Waals surface area contributed by atoms with Crippen molar-refractivity contribution in [3.05, 3.63) is 64.1 Å². The number of benzene rings is 2. The maximum Gasteiger partial charge on any atom is 0.0397 e. The first-order valence-corrected chi connectivity index (χ1v) is 7.73. The first kappa shape index (κ1) is 15.1. The summed E-state index contributed by atoms with van der Waals surface area (Å²) in [5.41, 5.74) is 9.66. The van der Waals surface area contributed by atoms with Gasteiger partial charge in [0.15, 0.2) is 0 Å². The van der Waals surface area contributed by atoms with Gasteiger partial charge in [0.2, 0.25) is 0 Å². The van der Waals surface area contributed by atoms with Crippen molar-refractivity contribution in [3.8, 4) is 0 Å². The monoisotopic (exact) mass is 332 g/mol. The van der Waals surface area contributed by atoms with E-state index in [2.05, 4.69) is 76.4 Å². The summed E-state index contributed by atoms with van der Waals surface area (Å²) in [5, 5.41) is 0. The van der Waals surface area contributed by atoms with Crippen LogP contribution in [0.5, 0.6) is 0 Å². The topological polar surface area (TPSA) is 29.3 Å². The van der Waals surface area contributed by atoms with E-state index in [9.17, 15) is 0 Å². The summed E-state index contributed by atoms with van der Waals surface area (Å²) in [7, 11) is 2.15. The van der Waals surface area contributed by atoms with Gasteiger partial charge < -0.3 is 10.6 Å². The highest BCUT2D eigenvalue weighted by atomic mass is 79.9. The van der Waals surface area contributed by atoms with Gasteiger partial charge in [-0.1, -0.05) is 46.3 Å². The molecule has 2 aromatic rings. The highest BCUT2D eigenvalue weighted by molar-refractivity contribution is 9.10. The molecule has 0 amide bonds. The van der Waals surface area contributed by atoms with E-state index in [1.165, 1.54) is 16.8 Å². The average Bonchev–Trinajstić information content (AvgIpc) is 2.46. The number of halogens is 1. The summed E-state index contributed by atoms with van der Waals surface area (Å²) in [6, 6.07) is 17.0. The second-order valence-electron chi connectivity index (χ2n) is 4.97. The Morgan fingerprint density at radius 1 is 1.05 bits per heavy atom. The first-order chi connectivity index (χ1) is 9.70. The van der Waals surface area contributed by atoms with Gasteiger partial charge in [-0.2, -0.15) is 0 Å². The smallest absolute Gasteiger partial charge is 0.0397 e. The number of hydrogen-bond donors (Lipinski definition) is 1. The summed E-state index contributed by atoms with van der Waals surface area (Å²) in [5.74, 6) is 0. The highest BCUT2D eigenvalue weighted by Gasteiger charge is 2.07. The third-order valence-corrected chi connectivity index (χ3v) is 3.94. The molecule has 0 aliphatic carbocycles. The zero-order valence-corrected chi connectivity index (χ0v) is 13.4.